The van der Waals surface area contributed by atoms with Crippen molar-refractivity contribution in [3.05, 3.63) is 64.7 Å². The van der Waals surface area contributed by atoms with Crippen LogP contribution >= 0.6 is 11.3 Å². The summed E-state index contributed by atoms with van der Waals surface area (Å²) in [6.45, 7) is 3.51. The molecule has 1 amide bonds. The van der Waals surface area contributed by atoms with Crippen LogP contribution in [0.5, 0.6) is 0 Å². The highest BCUT2D eigenvalue weighted by Gasteiger charge is 2.25. The zero-order chi connectivity index (χ0) is 18.5. The van der Waals surface area contributed by atoms with Crippen molar-refractivity contribution in [1.29, 1.82) is 0 Å². The molecule has 3 aromatic rings. The summed E-state index contributed by atoms with van der Waals surface area (Å²) in [4.78, 5) is 20.3. The first-order valence-corrected chi connectivity index (χ1v) is 9.86. The van der Waals surface area contributed by atoms with Crippen LogP contribution in [0.1, 0.15) is 16.5 Å². The zero-order valence-corrected chi connectivity index (χ0v) is 15.7. The van der Waals surface area contributed by atoms with Gasteiger partial charge in [-0.05, 0) is 23.1 Å². The number of rotatable bonds is 6. The number of aromatic nitrogens is 3. The SMILES string of the molecule is O=C(CN1CCNCC1c1cccnc1)Nc1ccnn1Cc1cccs1. The van der Waals surface area contributed by atoms with Crippen molar-refractivity contribution in [3.63, 3.8) is 0 Å². The molecule has 2 N–H and O–H groups in total. The summed E-state index contributed by atoms with van der Waals surface area (Å²) < 4.78 is 1.82. The summed E-state index contributed by atoms with van der Waals surface area (Å²) in [5, 5.41) is 12.8. The summed E-state index contributed by atoms with van der Waals surface area (Å²) in [7, 11) is 0. The number of pyridine rings is 1. The van der Waals surface area contributed by atoms with Crippen LogP contribution in [0.25, 0.3) is 0 Å². The molecule has 1 atom stereocenters. The highest BCUT2D eigenvalue weighted by atomic mass is 32.1. The summed E-state index contributed by atoms with van der Waals surface area (Å²) in [6.07, 6.45) is 5.36. The Bertz CT molecular complexity index is 863. The van der Waals surface area contributed by atoms with Crippen molar-refractivity contribution in [1.82, 2.24) is 25.0 Å². The fourth-order valence-corrected chi connectivity index (χ4v) is 4.01. The highest BCUT2D eigenvalue weighted by molar-refractivity contribution is 7.09. The third-order valence-corrected chi connectivity index (χ3v) is 5.50. The van der Waals surface area contributed by atoms with Gasteiger partial charge in [0.25, 0.3) is 0 Å². The van der Waals surface area contributed by atoms with Gasteiger partial charge in [0.15, 0.2) is 0 Å². The van der Waals surface area contributed by atoms with E-state index >= 15 is 0 Å². The first kappa shape index (κ1) is 17.8. The fourth-order valence-electron chi connectivity index (χ4n) is 3.32. The van der Waals surface area contributed by atoms with Gasteiger partial charge in [-0.1, -0.05) is 12.1 Å². The molecule has 4 heterocycles. The summed E-state index contributed by atoms with van der Waals surface area (Å²) >= 11 is 1.68. The minimum Gasteiger partial charge on any atom is -0.314 e. The van der Waals surface area contributed by atoms with Crippen molar-refractivity contribution in [3.8, 4) is 0 Å². The molecule has 0 saturated carbocycles. The van der Waals surface area contributed by atoms with E-state index < -0.39 is 0 Å². The van der Waals surface area contributed by atoms with Crippen molar-refractivity contribution in [2.24, 2.45) is 0 Å². The molecule has 1 unspecified atom stereocenters. The van der Waals surface area contributed by atoms with Gasteiger partial charge < -0.3 is 10.6 Å². The van der Waals surface area contributed by atoms with Crippen LogP contribution in [0.4, 0.5) is 5.82 Å². The second-order valence-corrected chi connectivity index (χ2v) is 7.51. The molecule has 1 aliphatic rings. The Morgan fingerprint density at radius 1 is 1.30 bits per heavy atom. The van der Waals surface area contributed by atoms with Crippen molar-refractivity contribution < 1.29 is 4.79 Å². The third-order valence-electron chi connectivity index (χ3n) is 4.64. The molecule has 140 valence electrons. The Morgan fingerprint density at radius 2 is 2.26 bits per heavy atom. The number of carbonyl (C=O) groups excluding carboxylic acids is 1. The number of anilines is 1. The number of nitrogens with one attached hydrogen (secondary N) is 2. The van der Waals surface area contributed by atoms with E-state index in [1.54, 1.807) is 23.7 Å². The second kappa shape index (κ2) is 8.43. The molecule has 1 saturated heterocycles. The number of piperazine rings is 1. The Morgan fingerprint density at radius 3 is 3.07 bits per heavy atom. The molecular formula is C19H22N6OS. The van der Waals surface area contributed by atoms with Crippen LogP contribution in [0, 0.1) is 0 Å². The standard InChI is InChI=1S/C19H22N6OS/c26-19(23-18-5-7-22-25(18)13-16-4-2-10-27-16)14-24-9-8-21-12-17(24)15-3-1-6-20-11-15/h1-7,10-11,17,21H,8-9,12-14H2,(H,23,26). The number of thiophene rings is 1. The lowest BCUT2D eigenvalue weighted by Crippen LogP contribution is -2.48. The van der Waals surface area contributed by atoms with Gasteiger partial charge in [0.1, 0.15) is 5.82 Å². The lowest BCUT2D eigenvalue weighted by Gasteiger charge is -2.35. The van der Waals surface area contributed by atoms with Crippen LogP contribution in [0.15, 0.2) is 54.3 Å². The topological polar surface area (TPSA) is 75.1 Å². The normalized spacial score (nSPS) is 17.7. The van der Waals surface area contributed by atoms with Crippen molar-refractivity contribution >= 4 is 23.1 Å². The average molecular weight is 382 g/mol. The molecule has 0 bridgehead atoms. The smallest absolute Gasteiger partial charge is 0.239 e. The third kappa shape index (κ3) is 4.41. The van der Waals surface area contributed by atoms with Gasteiger partial charge >= 0.3 is 0 Å². The van der Waals surface area contributed by atoms with Crippen LogP contribution < -0.4 is 10.6 Å². The quantitative estimate of drug-likeness (QED) is 0.682. The minimum atomic E-state index is -0.0290. The van der Waals surface area contributed by atoms with E-state index in [1.807, 2.05) is 34.5 Å². The zero-order valence-electron chi connectivity index (χ0n) is 14.9. The monoisotopic (exact) mass is 382 g/mol. The van der Waals surface area contributed by atoms with E-state index in [-0.39, 0.29) is 11.9 Å². The van der Waals surface area contributed by atoms with E-state index in [0.29, 0.717) is 13.1 Å². The molecule has 3 aromatic heterocycles. The minimum absolute atomic E-state index is 0.0290. The summed E-state index contributed by atoms with van der Waals surface area (Å²) in [6, 6.07) is 10.1. The van der Waals surface area contributed by atoms with E-state index in [2.05, 4.69) is 37.7 Å². The molecule has 1 aliphatic heterocycles. The molecule has 27 heavy (non-hydrogen) atoms. The van der Waals surface area contributed by atoms with Gasteiger partial charge in [0.05, 0.1) is 19.3 Å². The average Bonchev–Trinajstić information content (AvgIpc) is 3.36. The number of amides is 1. The van der Waals surface area contributed by atoms with E-state index in [1.165, 1.54) is 4.88 Å². The number of carbonyl (C=O) groups is 1. The van der Waals surface area contributed by atoms with E-state index in [0.717, 1.165) is 31.0 Å². The maximum Gasteiger partial charge on any atom is 0.239 e. The van der Waals surface area contributed by atoms with Gasteiger partial charge in [0, 0.05) is 49.0 Å². The van der Waals surface area contributed by atoms with E-state index in [4.69, 9.17) is 0 Å². The molecular weight excluding hydrogens is 360 g/mol. The Labute approximate surface area is 162 Å². The second-order valence-electron chi connectivity index (χ2n) is 6.48. The lowest BCUT2D eigenvalue weighted by molar-refractivity contribution is -0.118. The first-order valence-electron chi connectivity index (χ1n) is 8.98. The molecule has 0 aromatic carbocycles. The summed E-state index contributed by atoms with van der Waals surface area (Å²) in [5.41, 5.74) is 1.13. The van der Waals surface area contributed by atoms with Gasteiger partial charge in [-0.3, -0.25) is 14.7 Å². The largest absolute Gasteiger partial charge is 0.314 e. The van der Waals surface area contributed by atoms with Crippen molar-refractivity contribution in [2.75, 3.05) is 31.5 Å². The number of hydrogen-bond acceptors (Lipinski definition) is 6. The van der Waals surface area contributed by atoms with Gasteiger partial charge in [0.2, 0.25) is 5.91 Å². The predicted molar refractivity (Wildman–Crippen MR) is 106 cm³/mol. The highest BCUT2D eigenvalue weighted by Crippen LogP contribution is 2.21. The fraction of sp³-hybridized carbons (Fsp3) is 0.316. The molecule has 0 radical (unpaired) electrons. The van der Waals surface area contributed by atoms with Crippen molar-refractivity contribution in [2.45, 2.75) is 12.6 Å². The van der Waals surface area contributed by atoms with Crippen LogP contribution in [-0.2, 0) is 11.3 Å². The lowest BCUT2D eigenvalue weighted by atomic mass is 10.1. The molecule has 8 heteroatoms. The molecule has 0 aliphatic carbocycles. The van der Waals surface area contributed by atoms with Gasteiger partial charge in [-0.25, -0.2) is 4.68 Å². The van der Waals surface area contributed by atoms with Crippen LogP contribution in [0.3, 0.4) is 0 Å². The number of hydrogen-bond donors (Lipinski definition) is 2. The molecule has 0 spiro atoms. The molecule has 4 rings (SSSR count). The first-order chi connectivity index (χ1) is 13.3. The summed E-state index contributed by atoms with van der Waals surface area (Å²) in [5.74, 6) is 0.695. The number of nitrogens with zero attached hydrogens (tertiary/aromatic N) is 4. The van der Waals surface area contributed by atoms with Crippen LogP contribution in [-0.4, -0.2) is 51.8 Å². The molecule has 7 nitrogen and oxygen atoms in total. The molecule has 1 fully saturated rings. The maximum absolute atomic E-state index is 12.7. The Kier molecular flexibility index (Phi) is 5.57. The van der Waals surface area contributed by atoms with Crippen LogP contribution in [0.2, 0.25) is 0 Å². The van der Waals surface area contributed by atoms with Gasteiger partial charge in [-0.2, -0.15) is 5.10 Å². The van der Waals surface area contributed by atoms with Gasteiger partial charge in [-0.15, -0.1) is 11.3 Å². The predicted octanol–water partition coefficient (Wildman–Crippen LogP) is 1.97. The Balaban J connectivity index is 1.41. The Hall–Kier alpha value is -2.55. The maximum atomic E-state index is 12.7. The van der Waals surface area contributed by atoms with E-state index in [9.17, 15) is 4.79 Å².